The van der Waals surface area contributed by atoms with Gasteiger partial charge in [0.25, 0.3) is 0 Å². The molecule has 1 saturated heterocycles. The first-order chi connectivity index (χ1) is 6.08. The number of hydrogen-bond donors (Lipinski definition) is 0. The smallest absolute Gasteiger partial charge is 0.0592 e. The first-order valence-electron chi connectivity index (χ1n) is 4.43. The molecule has 1 aromatic heterocycles. The Morgan fingerprint density at radius 2 is 2.15 bits per heavy atom. The maximum absolute atomic E-state index is 4.05. The first kappa shape index (κ1) is 9.00. The summed E-state index contributed by atoms with van der Waals surface area (Å²) in [6, 6.07) is 2.05. The van der Waals surface area contributed by atoms with Gasteiger partial charge in [0.1, 0.15) is 0 Å². The van der Waals surface area contributed by atoms with Crippen molar-refractivity contribution in [1.82, 2.24) is 4.98 Å². The topological polar surface area (TPSA) is 16.1 Å². The molecule has 1 fully saturated rings. The van der Waals surface area contributed by atoms with Gasteiger partial charge in [-0.3, -0.25) is 4.98 Å². The Balaban J connectivity index is 2.16. The van der Waals surface area contributed by atoms with Crippen LogP contribution in [-0.2, 0) is 0 Å². The molecule has 0 N–H and O–H groups in total. The van der Waals surface area contributed by atoms with Crippen LogP contribution in [0, 0.1) is 5.41 Å². The Kier molecular flexibility index (Phi) is 2.06. The summed E-state index contributed by atoms with van der Waals surface area (Å²) in [5, 5.41) is 0. The van der Waals surface area contributed by atoms with Crippen LogP contribution in [-0.4, -0.2) is 18.1 Å². The third-order valence-corrected chi connectivity index (χ3v) is 2.94. The van der Waals surface area contributed by atoms with Crippen LogP contribution in [0.25, 0.3) is 0 Å². The molecule has 3 heteroatoms. The summed E-state index contributed by atoms with van der Waals surface area (Å²) in [6.07, 6.45) is 3.69. The van der Waals surface area contributed by atoms with Crippen LogP contribution in [0.15, 0.2) is 22.9 Å². The zero-order chi connectivity index (χ0) is 9.47. The molecule has 1 aliphatic heterocycles. The molecule has 2 rings (SSSR count). The van der Waals surface area contributed by atoms with Gasteiger partial charge in [-0.2, -0.15) is 0 Å². The van der Waals surface area contributed by atoms with Gasteiger partial charge in [0, 0.05) is 25.5 Å². The molecule has 0 atom stereocenters. The lowest BCUT2D eigenvalue weighted by Gasteiger charge is -2.47. The molecule has 0 radical (unpaired) electrons. The van der Waals surface area contributed by atoms with Crippen LogP contribution in [0.3, 0.4) is 0 Å². The van der Waals surface area contributed by atoms with E-state index < -0.39 is 0 Å². The average molecular weight is 241 g/mol. The van der Waals surface area contributed by atoms with E-state index in [1.807, 2.05) is 12.4 Å². The van der Waals surface area contributed by atoms with Crippen LogP contribution in [0.4, 0.5) is 5.69 Å². The Bertz CT molecular complexity index is 314. The molecule has 0 unspecified atom stereocenters. The molecule has 0 spiro atoms. The van der Waals surface area contributed by atoms with Gasteiger partial charge in [-0.15, -0.1) is 0 Å². The number of nitrogens with zero attached hydrogens (tertiary/aromatic N) is 2. The number of halogens is 1. The van der Waals surface area contributed by atoms with E-state index in [1.165, 1.54) is 5.69 Å². The molecule has 0 aliphatic carbocycles. The van der Waals surface area contributed by atoms with Crippen molar-refractivity contribution < 1.29 is 0 Å². The van der Waals surface area contributed by atoms with Crippen molar-refractivity contribution in [2.75, 3.05) is 18.0 Å². The van der Waals surface area contributed by atoms with Gasteiger partial charge in [-0.25, -0.2) is 0 Å². The van der Waals surface area contributed by atoms with E-state index in [-0.39, 0.29) is 0 Å². The third-order valence-electron chi connectivity index (χ3n) is 2.33. The Morgan fingerprint density at radius 1 is 1.46 bits per heavy atom. The van der Waals surface area contributed by atoms with Gasteiger partial charge < -0.3 is 4.90 Å². The summed E-state index contributed by atoms with van der Waals surface area (Å²) >= 11 is 3.50. The molecule has 1 aliphatic rings. The summed E-state index contributed by atoms with van der Waals surface area (Å²) in [5.74, 6) is 0. The van der Waals surface area contributed by atoms with Crippen molar-refractivity contribution in [3.8, 4) is 0 Å². The second-order valence-corrected chi connectivity index (χ2v) is 5.20. The summed E-state index contributed by atoms with van der Waals surface area (Å²) in [4.78, 5) is 6.42. The van der Waals surface area contributed by atoms with Crippen LogP contribution >= 0.6 is 15.9 Å². The highest BCUT2D eigenvalue weighted by Gasteiger charge is 2.34. The minimum atomic E-state index is 0.475. The third kappa shape index (κ3) is 1.70. The molecular formula is C10H13BrN2. The molecule has 13 heavy (non-hydrogen) atoms. The largest absolute Gasteiger partial charge is 0.369 e. The maximum Gasteiger partial charge on any atom is 0.0592 e. The van der Waals surface area contributed by atoms with Crippen molar-refractivity contribution in [1.29, 1.82) is 0 Å². The van der Waals surface area contributed by atoms with E-state index in [0.29, 0.717) is 5.41 Å². The molecule has 0 amide bonds. The summed E-state index contributed by atoms with van der Waals surface area (Å²) in [5.41, 5.74) is 1.73. The molecule has 2 nitrogen and oxygen atoms in total. The van der Waals surface area contributed by atoms with E-state index in [2.05, 4.69) is 45.7 Å². The number of rotatable bonds is 1. The molecule has 0 aromatic carbocycles. The van der Waals surface area contributed by atoms with Crippen molar-refractivity contribution in [3.05, 3.63) is 22.9 Å². The van der Waals surface area contributed by atoms with Gasteiger partial charge in [0.05, 0.1) is 10.2 Å². The Morgan fingerprint density at radius 3 is 2.69 bits per heavy atom. The number of aromatic nitrogens is 1. The van der Waals surface area contributed by atoms with E-state index in [9.17, 15) is 0 Å². The van der Waals surface area contributed by atoms with Gasteiger partial charge in [-0.05, 0) is 27.4 Å². The molecule has 2 heterocycles. The standard InChI is InChI=1S/C10H13BrN2/c1-10(2)6-13(7-10)9-3-4-12-5-8(9)11/h3-5H,6-7H2,1-2H3. The highest BCUT2D eigenvalue weighted by atomic mass is 79.9. The highest BCUT2D eigenvalue weighted by molar-refractivity contribution is 9.10. The molecule has 0 saturated carbocycles. The van der Waals surface area contributed by atoms with Gasteiger partial charge in [0.15, 0.2) is 0 Å². The number of anilines is 1. The van der Waals surface area contributed by atoms with E-state index >= 15 is 0 Å². The summed E-state index contributed by atoms with van der Waals surface area (Å²) in [6.45, 7) is 6.85. The lowest BCUT2D eigenvalue weighted by atomic mass is 9.84. The van der Waals surface area contributed by atoms with Crippen LogP contribution in [0.2, 0.25) is 0 Å². The highest BCUT2D eigenvalue weighted by Crippen LogP contribution is 2.36. The second kappa shape index (κ2) is 2.98. The van der Waals surface area contributed by atoms with Gasteiger partial charge >= 0.3 is 0 Å². The first-order valence-corrected chi connectivity index (χ1v) is 5.22. The molecule has 70 valence electrons. The fraction of sp³-hybridized carbons (Fsp3) is 0.500. The van der Waals surface area contributed by atoms with Crippen LogP contribution in [0.5, 0.6) is 0 Å². The predicted molar refractivity (Wildman–Crippen MR) is 57.9 cm³/mol. The van der Waals surface area contributed by atoms with Crippen molar-refractivity contribution in [3.63, 3.8) is 0 Å². The average Bonchev–Trinajstić information content (AvgIpc) is 2.01. The van der Waals surface area contributed by atoms with Crippen molar-refractivity contribution in [2.45, 2.75) is 13.8 Å². The van der Waals surface area contributed by atoms with E-state index in [4.69, 9.17) is 0 Å². The monoisotopic (exact) mass is 240 g/mol. The molecular weight excluding hydrogens is 228 g/mol. The molecule has 1 aromatic rings. The maximum atomic E-state index is 4.05. The van der Waals surface area contributed by atoms with Crippen molar-refractivity contribution >= 4 is 21.6 Å². The number of pyridine rings is 1. The minimum Gasteiger partial charge on any atom is -0.369 e. The van der Waals surface area contributed by atoms with E-state index in [1.54, 1.807) is 0 Å². The zero-order valence-corrected chi connectivity index (χ0v) is 9.50. The van der Waals surface area contributed by atoms with Gasteiger partial charge in [0.2, 0.25) is 0 Å². The van der Waals surface area contributed by atoms with Crippen LogP contribution < -0.4 is 4.90 Å². The predicted octanol–water partition coefficient (Wildman–Crippen LogP) is 2.69. The fourth-order valence-electron chi connectivity index (χ4n) is 1.78. The fourth-order valence-corrected chi connectivity index (χ4v) is 2.28. The SMILES string of the molecule is CC1(C)CN(c2ccncc2Br)C1. The number of hydrogen-bond acceptors (Lipinski definition) is 2. The van der Waals surface area contributed by atoms with Gasteiger partial charge in [-0.1, -0.05) is 13.8 Å². The van der Waals surface area contributed by atoms with Crippen LogP contribution in [0.1, 0.15) is 13.8 Å². The zero-order valence-electron chi connectivity index (χ0n) is 7.92. The van der Waals surface area contributed by atoms with Crippen molar-refractivity contribution in [2.24, 2.45) is 5.41 Å². The second-order valence-electron chi connectivity index (χ2n) is 4.35. The quantitative estimate of drug-likeness (QED) is 0.751. The summed E-state index contributed by atoms with van der Waals surface area (Å²) < 4.78 is 1.09. The normalized spacial score (nSPS) is 19.8. The van der Waals surface area contributed by atoms with E-state index in [0.717, 1.165) is 17.6 Å². The Hall–Kier alpha value is -0.570. The summed E-state index contributed by atoms with van der Waals surface area (Å²) in [7, 11) is 0. The lowest BCUT2D eigenvalue weighted by molar-refractivity contribution is 0.276. The lowest BCUT2D eigenvalue weighted by Crippen LogP contribution is -2.53. The molecule has 0 bridgehead atoms. The minimum absolute atomic E-state index is 0.475. The Labute approximate surface area is 87.1 Å².